The van der Waals surface area contributed by atoms with Crippen LogP contribution < -0.4 is 5.32 Å². The molecule has 2 nitrogen and oxygen atoms in total. The molecule has 1 fully saturated rings. The van der Waals surface area contributed by atoms with Gasteiger partial charge in [0.2, 0.25) is 0 Å². The average Bonchev–Trinajstić information content (AvgIpc) is 2.95. The lowest BCUT2D eigenvalue weighted by atomic mass is 9.79. The molecule has 2 rings (SSSR count). The first-order chi connectivity index (χ1) is 11.1. The highest BCUT2D eigenvalue weighted by Gasteiger charge is 2.26. The molecule has 0 saturated carbocycles. The van der Waals surface area contributed by atoms with Crippen LogP contribution in [-0.4, -0.2) is 23.9 Å². The first-order valence-electron chi connectivity index (χ1n) is 9.30. The first kappa shape index (κ1) is 19.7. The van der Waals surface area contributed by atoms with Gasteiger partial charge in [0.1, 0.15) is 5.75 Å². The first-order valence-corrected chi connectivity index (χ1v) is 10.3. The predicted molar refractivity (Wildman–Crippen MR) is 106 cm³/mol. The van der Waals surface area contributed by atoms with E-state index in [0.717, 1.165) is 22.8 Å². The van der Waals surface area contributed by atoms with Gasteiger partial charge in [0.15, 0.2) is 0 Å². The number of rotatable bonds is 5. The maximum Gasteiger partial charge on any atom is 0.123 e. The fourth-order valence-corrected chi connectivity index (χ4v) is 4.31. The zero-order chi connectivity index (χ0) is 18.0. The molecule has 0 aliphatic carbocycles. The van der Waals surface area contributed by atoms with Crippen molar-refractivity contribution in [2.24, 2.45) is 5.92 Å². The Morgan fingerprint density at radius 2 is 1.67 bits per heavy atom. The second-order valence-corrected chi connectivity index (χ2v) is 10.4. The van der Waals surface area contributed by atoms with Crippen molar-refractivity contribution < 1.29 is 5.11 Å². The Hall–Kier alpha value is -0.670. The molecule has 0 aromatic heterocycles. The summed E-state index contributed by atoms with van der Waals surface area (Å²) < 4.78 is 0. The molecule has 1 aliphatic heterocycles. The molecule has 1 aromatic rings. The van der Waals surface area contributed by atoms with Gasteiger partial charge in [0.25, 0.3) is 0 Å². The lowest BCUT2D eigenvalue weighted by molar-refractivity contribution is 0.422. The number of aromatic hydroxyl groups is 1. The predicted octanol–water partition coefficient (Wildman–Crippen LogP) is 5.47. The molecule has 0 amide bonds. The SMILES string of the molecule is CC(C)(C)c1cc(SCCCC2CCNC2)cc(C(C)(C)C)c1O. The summed E-state index contributed by atoms with van der Waals surface area (Å²) in [7, 11) is 0. The van der Waals surface area contributed by atoms with Crippen LogP contribution in [0.25, 0.3) is 0 Å². The number of benzene rings is 1. The van der Waals surface area contributed by atoms with Crippen LogP contribution in [0.2, 0.25) is 0 Å². The Balaban J connectivity index is 2.10. The molecule has 136 valence electrons. The van der Waals surface area contributed by atoms with E-state index in [4.69, 9.17) is 0 Å². The minimum Gasteiger partial charge on any atom is -0.507 e. The largest absolute Gasteiger partial charge is 0.507 e. The number of phenolic OH excluding ortho intramolecular Hbond substituents is 1. The van der Waals surface area contributed by atoms with Gasteiger partial charge < -0.3 is 10.4 Å². The highest BCUT2D eigenvalue weighted by molar-refractivity contribution is 7.99. The number of hydrogen-bond donors (Lipinski definition) is 2. The van der Waals surface area contributed by atoms with Crippen molar-refractivity contribution in [3.63, 3.8) is 0 Å². The molecule has 1 heterocycles. The summed E-state index contributed by atoms with van der Waals surface area (Å²) >= 11 is 1.94. The van der Waals surface area contributed by atoms with Crippen molar-refractivity contribution in [3.8, 4) is 5.75 Å². The molecule has 1 saturated heterocycles. The van der Waals surface area contributed by atoms with E-state index in [1.54, 1.807) is 0 Å². The van der Waals surface area contributed by atoms with Crippen molar-refractivity contribution in [2.75, 3.05) is 18.8 Å². The second-order valence-electron chi connectivity index (χ2n) is 9.22. The third-order valence-corrected chi connectivity index (χ3v) is 5.95. The summed E-state index contributed by atoms with van der Waals surface area (Å²) in [6, 6.07) is 4.40. The van der Waals surface area contributed by atoms with Crippen molar-refractivity contribution in [1.82, 2.24) is 5.32 Å². The summed E-state index contributed by atoms with van der Waals surface area (Å²) in [5.41, 5.74) is 2.04. The second kappa shape index (κ2) is 7.70. The summed E-state index contributed by atoms with van der Waals surface area (Å²) in [6.45, 7) is 15.5. The van der Waals surface area contributed by atoms with Crippen LogP contribution in [0.15, 0.2) is 17.0 Å². The van der Waals surface area contributed by atoms with Gasteiger partial charge in [-0.2, -0.15) is 0 Å². The monoisotopic (exact) mass is 349 g/mol. The van der Waals surface area contributed by atoms with Crippen LogP contribution in [0.3, 0.4) is 0 Å². The Kier molecular flexibility index (Phi) is 6.30. The maximum atomic E-state index is 10.8. The van der Waals surface area contributed by atoms with Gasteiger partial charge in [0, 0.05) is 16.0 Å². The minimum atomic E-state index is -0.0455. The number of nitrogens with one attached hydrogen (secondary N) is 1. The topological polar surface area (TPSA) is 32.3 Å². The van der Waals surface area contributed by atoms with E-state index < -0.39 is 0 Å². The molecular weight excluding hydrogens is 314 g/mol. The quantitative estimate of drug-likeness (QED) is 0.546. The molecule has 3 heteroatoms. The van der Waals surface area contributed by atoms with E-state index in [1.807, 2.05) is 11.8 Å². The minimum absolute atomic E-state index is 0.0455. The average molecular weight is 350 g/mol. The summed E-state index contributed by atoms with van der Waals surface area (Å²) in [4.78, 5) is 1.30. The highest BCUT2D eigenvalue weighted by Crippen LogP contribution is 2.41. The van der Waals surface area contributed by atoms with Crippen LogP contribution in [0.5, 0.6) is 5.75 Å². The lowest BCUT2D eigenvalue weighted by Crippen LogP contribution is -2.17. The Morgan fingerprint density at radius 1 is 1.08 bits per heavy atom. The molecule has 0 radical (unpaired) electrons. The van der Waals surface area contributed by atoms with Crippen LogP contribution in [-0.2, 0) is 10.8 Å². The lowest BCUT2D eigenvalue weighted by Gasteiger charge is -2.28. The van der Waals surface area contributed by atoms with E-state index in [9.17, 15) is 5.11 Å². The van der Waals surface area contributed by atoms with Gasteiger partial charge in [-0.25, -0.2) is 0 Å². The van der Waals surface area contributed by atoms with E-state index in [2.05, 4.69) is 59.0 Å². The maximum absolute atomic E-state index is 10.8. The molecule has 1 atom stereocenters. The fraction of sp³-hybridized carbons (Fsp3) is 0.714. The van der Waals surface area contributed by atoms with Crippen LogP contribution in [0.4, 0.5) is 0 Å². The standard InChI is InChI=1S/C21H35NOS/c1-20(2,3)17-12-16(13-18(19(17)23)21(4,5)6)24-11-7-8-15-9-10-22-14-15/h12-13,15,22-23H,7-11,14H2,1-6H3. The third kappa shape index (κ3) is 5.16. The van der Waals surface area contributed by atoms with Gasteiger partial charge in [-0.3, -0.25) is 0 Å². The fourth-order valence-electron chi connectivity index (χ4n) is 3.36. The zero-order valence-corrected chi connectivity index (χ0v) is 17.1. The Labute approximate surface area is 152 Å². The molecule has 2 N–H and O–H groups in total. The normalized spacial score (nSPS) is 19.0. The van der Waals surface area contributed by atoms with Gasteiger partial charge in [-0.15, -0.1) is 11.8 Å². The summed E-state index contributed by atoms with van der Waals surface area (Å²) in [5.74, 6) is 2.52. The van der Waals surface area contributed by atoms with E-state index >= 15 is 0 Å². The van der Waals surface area contributed by atoms with Gasteiger partial charge >= 0.3 is 0 Å². The Bertz CT molecular complexity index is 513. The summed E-state index contributed by atoms with van der Waals surface area (Å²) in [5, 5.41) is 14.2. The molecule has 1 unspecified atom stereocenters. The Morgan fingerprint density at radius 3 is 2.12 bits per heavy atom. The van der Waals surface area contributed by atoms with Gasteiger partial charge in [-0.1, -0.05) is 41.5 Å². The third-order valence-electron chi connectivity index (χ3n) is 4.89. The van der Waals surface area contributed by atoms with E-state index in [0.29, 0.717) is 5.75 Å². The van der Waals surface area contributed by atoms with Crippen molar-refractivity contribution in [2.45, 2.75) is 76.5 Å². The van der Waals surface area contributed by atoms with E-state index in [1.165, 1.54) is 37.2 Å². The van der Waals surface area contributed by atoms with Crippen LogP contribution in [0, 0.1) is 5.92 Å². The van der Waals surface area contributed by atoms with Crippen molar-refractivity contribution in [1.29, 1.82) is 0 Å². The summed E-state index contributed by atoms with van der Waals surface area (Å²) in [6.07, 6.45) is 3.94. The van der Waals surface area contributed by atoms with Crippen LogP contribution in [0.1, 0.15) is 71.9 Å². The van der Waals surface area contributed by atoms with Gasteiger partial charge in [0.05, 0.1) is 0 Å². The van der Waals surface area contributed by atoms with E-state index in [-0.39, 0.29) is 10.8 Å². The number of thioether (sulfide) groups is 1. The molecule has 24 heavy (non-hydrogen) atoms. The molecule has 0 bridgehead atoms. The van der Waals surface area contributed by atoms with Gasteiger partial charge in [-0.05, 0) is 67.0 Å². The zero-order valence-electron chi connectivity index (χ0n) is 16.3. The number of phenols is 1. The highest BCUT2D eigenvalue weighted by atomic mass is 32.2. The number of hydrogen-bond acceptors (Lipinski definition) is 3. The van der Waals surface area contributed by atoms with Crippen molar-refractivity contribution in [3.05, 3.63) is 23.3 Å². The smallest absolute Gasteiger partial charge is 0.123 e. The molecular formula is C21H35NOS. The van der Waals surface area contributed by atoms with Crippen LogP contribution >= 0.6 is 11.8 Å². The molecule has 1 aliphatic rings. The molecule has 0 spiro atoms. The molecule has 1 aromatic carbocycles. The van der Waals surface area contributed by atoms with Crippen molar-refractivity contribution >= 4 is 11.8 Å².